The van der Waals surface area contributed by atoms with Crippen molar-refractivity contribution in [3.63, 3.8) is 0 Å². The molecule has 3 aromatic heterocycles. The fourth-order valence-corrected chi connectivity index (χ4v) is 6.83. The summed E-state index contributed by atoms with van der Waals surface area (Å²) in [5, 5.41) is 13.0. The van der Waals surface area contributed by atoms with Crippen molar-refractivity contribution in [2.75, 3.05) is 42.9 Å². The minimum atomic E-state index is -0.100. The Balaban J connectivity index is 1.25. The van der Waals surface area contributed by atoms with Gasteiger partial charge < -0.3 is 14.8 Å². The van der Waals surface area contributed by atoms with E-state index in [1.54, 1.807) is 6.20 Å². The van der Waals surface area contributed by atoms with Gasteiger partial charge in [0, 0.05) is 43.8 Å². The lowest BCUT2D eigenvalue weighted by Gasteiger charge is -2.45. The Morgan fingerprint density at radius 2 is 1.83 bits per heavy atom. The highest BCUT2D eigenvalue weighted by Gasteiger charge is 2.44. The van der Waals surface area contributed by atoms with Crippen LogP contribution >= 0.6 is 22.9 Å². The zero-order chi connectivity index (χ0) is 24.9. The van der Waals surface area contributed by atoms with E-state index >= 15 is 0 Å². The van der Waals surface area contributed by atoms with E-state index in [4.69, 9.17) is 4.98 Å². The van der Waals surface area contributed by atoms with Crippen molar-refractivity contribution in [3.05, 3.63) is 30.1 Å². The summed E-state index contributed by atoms with van der Waals surface area (Å²) >= 11 is 2.16. The maximum atomic E-state index is 13.0. The first-order chi connectivity index (χ1) is 17.4. The van der Waals surface area contributed by atoms with Gasteiger partial charge in [0.05, 0.1) is 34.9 Å². The second kappa shape index (κ2) is 9.40. The Bertz CT molecular complexity index is 1260. The molecule has 11 heteroatoms. The minimum absolute atomic E-state index is 0.0370. The number of carbonyl (C=O) groups is 1. The second-order valence-corrected chi connectivity index (χ2v) is 11.6. The number of hydrogen-bond donors (Lipinski definition) is 1. The van der Waals surface area contributed by atoms with Crippen LogP contribution in [0, 0.1) is 0 Å². The van der Waals surface area contributed by atoms with Crippen LogP contribution in [0.2, 0.25) is 0 Å². The van der Waals surface area contributed by atoms with E-state index in [1.165, 1.54) is 19.3 Å². The van der Waals surface area contributed by atoms with Gasteiger partial charge in [-0.3, -0.25) is 12.8 Å². The molecule has 0 atom stereocenters. The van der Waals surface area contributed by atoms with Crippen molar-refractivity contribution in [3.8, 4) is 0 Å². The van der Waals surface area contributed by atoms with Gasteiger partial charge in [-0.2, -0.15) is 4.98 Å². The average molecular weight is 601 g/mol. The molecular formula is C25H32IN9O. The van der Waals surface area contributed by atoms with Crippen molar-refractivity contribution in [1.29, 1.82) is 0 Å². The number of hydrogen-bond acceptors (Lipinski definition) is 8. The first-order valence-electron chi connectivity index (χ1n) is 12.9. The molecule has 1 saturated carbocycles. The molecule has 1 spiro atoms. The minimum Gasteiger partial charge on any atom is -0.353 e. The summed E-state index contributed by atoms with van der Waals surface area (Å²) in [4.78, 5) is 27.2. The Morgan fingerprint density at radius 3 is 2.53 bits per heavy atom. The highest BCUT2D eigenvalue weighted by Crippen LogP contribution is 2.43. The molecule has 1 amide bonds. The van der Waals surface area contributed by atoms with Crippen LogP contribution in [0.25, 0.3) is 11.0 Å². The van der Waals surface area contributed by atoms with Crippen LogP contribution in [0.5, 0.6) is 0 Å². The van der Waals surface area contributed by atoms with Crippen LogP contribution in [0.3, 0.4) is 0 Å². The van der Waals surface area contributed by atoms with Crippen molar-refractivity contribution in [2.45, 2.75) is 57.5 Å². The van der Waals surface area contributed by atoms with E-state index in [2.05, 4.69) is 71.6 Å². The second-order valence-electron chi connectivity index (χ2n) is 10.5. The molecular weight excluding hydrogens is 569 g/mol. The largest absolute Gasteiger partial charge is 0.353 e. The van der Waals surface area contributed by atoms with Gasteiger partial charge in [-0.1, -0.05) is 19.3 Å². The zero-order valence-corrected chi connectivity index (χ0v) is 23.0. The van der Waals surface area contributed by atoms with Crippen LogP contribution in [-0.2, 0) is 5.54 Å². The molecule has 0 unspecified atom stereocenters. The van der Waals surface area contributed by atoms with Gasteiger partial charge in [0.1, 0.15) is 11.3 Å². The maximum absolute atomic E-state index is 13.0. The van der Waals surface area contributed by atoms with E-state index in [0.717, 1.165) is 55.9 Å². The number of anilines is 3. The zero-order valence-electron chi connectivity index (χ0n) is 20.8. The van der Waals surface area contributed by atoms with Gasteiger partial charge in [0.2, 0.25) is 5.95 Å². The predicted molar refractivity (Wildman–Crippen MR) is 148 cm³/mol. The molecule has 6 rings (SSSR count). The van der Waals surface area contributed by atoms with Crippen LogP contribution in [0.15, 0.2) is 24.4 Å². The molecule has 190 valence electrons. The number of nitrogens with zero attached hydrogens (tertiary/aromatic N) is 8. The van der Waals surface area contributed by atoms with Crippen molar-refractivity contribution in [1.82, 2.24) is 32.7 Å². The van der Waals surface area contributed by atoms with Crippen molar-refractivity contribution < 1.29 is 4.79 Å². The molecule has 1 N–H and O–H groups in total. The lowest BCUT2D eigenvalue weighted by atomic mass is 9.80. The Labute approximate surface area is 225 Å². The standard InChI is InChI=1S/C25H32IN9O/c1-17(2)32-10-12-33(13-11-32)21-7-6-20(30-31-21)28-24-27-15-18-14-19-23(36)34(26)16-25(8-4-3-5-9-25)35(19)22(18)29-24/h6-7,14-15,17H,3-5,8-13,16H2,1-2H3,(H,27,28,29,30). The lowest BCUT2D eigenvalue weighted by molar-refractivity contribution is 0.0714. The van der Waals surface area contributed by atoms with E-state index < -0.39 is 0 Å². The number of fused-ring (bicyclic) bond motifs is 4. The van der Waals surface area contributed by atoms with Crippen molar-refractivity contribution in [2.24, 2.45) is 0 Å². The summed E-state index contributed by atoms with van der Waals surface area (Å²) in [5.41, 5.74) is 1.42. The first kappa shape index (κ1) is 23.8. The summed E-state index contributed by atoms with van der Waals surface area (Å²) in [6, 6.07) is 6.44. The molecule has 2 aliphatic heterocycles. The third-order valence-corrected chi connectivity index (χ3v) is 8.71. The number of piperazine rings is 1. The third-order valence-electron chi connectivity index (χ3n) is 7.93. The monoisotopic (exact) mass is 601 g/mol. The molecule has 0 radical (unpaired) electrons. The number of halogens is 1. The smallest absolute Gasteiger partial charge is 0.279 e. The van der Waals surface area contributed by atoms with E-state index in [1.807, 2.05) is 21.3 Å². The number of amides is 1. The molecule has 36 heavy (non-hydrogen) atoms. The lowest BCUT2D eigenvalue weighted by Crippen LogP contribution is -2.51. The summed E-state index contributed by atoms with van der Waals surface area (Å²) in [7, 11) is 0. The molecule has 0 aromatic carbocycles. The number of rotatable bonds is 4. The average Bonchev–Trinajstić information content (AvgIpc) is 3.29. The van der Waals surface area contributed by atoms with Gasteiger partial charge in [-0.25, -0.2) is 4.98 Å². The highest BCUT2D eigenvalue weighted by atomic mass is 127. The molecule has 10 nitrogen and oxygen atoms in total. The van der Waals surface area contributed by atoms with E-state index in [-0.39, 0.29) is 11.4 Å². The van der Waals surface area contributed by atoms with E-state index in [9.17, 15) is 4.79 Å². The van der Waals surface area contributed by atoms with Crippen LogP contribution in [-0.4, -0.2) is 77.4 Å². The topological polar surface area (TPSA) is 95.3 Å². The molecule has 1 aliphatic carbocycles. The third kappa shape index (κ3) is 4.19. The van der Waals surface area contributed by atoms with Gasteiger partial charge in [0.15, 0.2) is 11.6 Å². The SMILES string of the molecule is CC(C)N1CCN(c2ccc(Nc3ncc4cc5n(c4n3)C3(CCCCC3)CN(I)C5=O)nn2)CC1. The van der Waals surface area contributed by atoms with Gasteiger partial charge in [-0.05, 0) is 44.9 Å². The summed E-state index contributed by atoms with van der Waals surface area (Å²) in [6.07, 6.45) is 7.50. The maximum Gasteiger partial charge on any atom is 0.279 e. The molecule has 1 saturated heterocycles. The normalized spacial score (nSPS) is 20.4. The number of aromatic nitrogens is 5. The Kier molecular flexibility index (Phi) is 6.22. The molecule has 5 heterocycles. The summed E-state index contributed by atoms with van der Waals surface area (Å²) in [6.45, 7) is 9.17. The predicted octanol–water partition coefficient (Wildman–Crippen LogP) is 3.96. The van der Waals surface area contributed by atoms with Gasteiger partial charge >= 0.3 is 0 Å². The summed E-state index contributed by atoms with van der Waals surface area (Å²) < 4.78 is 4.04. The Hall–Kier alpha value is -2.54. The molecule has 3 aliphatic rings. The van der Waals surface area contributed by atoms with Crippen LogP contribution in [0.1, 0.15) is 56.4 Å². The number of nitrogens with one attached hydrogen (secondary N) is 1. The molecule has 3 aromatic rings. The van der Waals surface area contributed by atoms with E-state index in [0.29, 0.717) is 30.0 Å². The molecule has 0 bridgehead atoms. The Morgan fingerprint density at radius 1 is 1.06 bits per heavy atom. The first-order valence-corrected chi connectivity index (χ1v) is 13.9. The quantitative estimate of drug-likeness (QED) is 0.355. The number of carbonyl (C=O) groups excluding carboxylic acids is 1. The summed E-state index contributed by atoms with van der Waals surface area (Å²) in [5.74, 6) is 2.00. The van der Waals surface area contributed by atoms with Crippen LogP contribution in [0.4, 0.5) is 17.6 Å². The van der Waals surface area contributed by atoms with Gasteiger partial charge in [-0.15, -0.1) is 10.2 Å². The van der Waals surface area contributed by atoms with Crippen LogP contribution < -0.4 is 10.2 Å². The fourth-order valence-electron chi connectivity index (χ4n) is 5.95. The highest BCUT2D eigenvalue weighted by molar-refractivity contribution is 14.1. The van der Waals surface area contributed by atoms with Gasteiger partial charge in [0.25, 0.3) is 5.91 Å². The fraction of sp³-hybridized carbons (Fsp3) is 0.560. The van der Waals surface area contributed by atoms with Crippen molar-refractivity contribution >= 4 is 57.4 Å². The molecule has 2 fully saturated rings.